The minimum Gasteiger partial charge on any atom is -0.379 e. The zero-order chi connectivity index (χ0) is 12.1. The van der Waals surface area contributed by atoms with Crippen molar-refractivity contribution in [3.05, 3.63) is 0 Å². The van der Waals surface area contributed by atoms with E-state index in [0.717, 1.165) is 12.8 Å². The average Bonchev–Trinajstić information content (AvgIpc) is 2.28. The van der Waals surface area contributed by atoms with Crippen LogP contribution in [0.2, 0.25) is 0 Å². The van der Waals surface area contributed by atoms with Crippen molar-refractivity contribution in [2.75, 3.05) is 39.6 Å². The lowest BCUT2D eigenvalue weighted by Crippen LogP contribution is -2.04. The van der Waals surface area contributed by atoms with Crippen molar-refractivity contribution >= 4 is 8.25 Å². The van der Waals surface area contributed by atoms with Gasteiger partial charge >= 0.3 is 8.25 Å². The molecule has 0 spiro atoms. The van der Waals surface area contributed by atoms with Crippen LogP contribution in [-0.4, -0.2) is 39.6 Å². The summed E-state index contributed by atoms with van der Waals surface area (Å²) in [6.07, 6.45) is 1.94. The molecule has 16 heavy (non-hydrogen) atoms. The fourth-order valence-corrected chi connectivity index (χ4v) is 1.39. The molecule has 5 nitrogen and oxygen atoms in total. The summed E-state index contributed by atoms with van der Waals surface area (Å²) in [5.74, 6) is 0. The van der Waals surface area contributed by atoms with Gasteiger partial charge in [0.1, 0.15) is 13.2 Å². The minimum atomic E-state index is -2.03. The molecule has 96 valence electrons. The number of ether oxygens (including phenoxy) is 2. The van der Waals surface area contributed by atoms with Crippen molar-refractivity contribution in [1.29, 1.82) is 0 Å². The number of hydrogen-bond acceptors (Lipinski definition) is 5. The molecule has 0 aliphatic heterocycles. The molecule has 0 amide bonds. The van der Waals surface area contributed by atoms with Gasteiger partial charge in [0, 0.05) is 17.8 Å². The van der Waals surface area contributed by atoms with Gasteiger partial charge < -0.3 is 9.47 Å². The Labute approximate surface area is 98.4 Å². The average molecular weight is 253 g/mol. The van der Waals surface area contributed by atoms with Crippen molar-refractivity contribution in [1.82, 2.24) is 0 Å². The largest absolute Gasteiger partial charge is 0.697 e. The Balaban J connectivity index is 3.12. The van der Waals surface area contributed by atoms with E-state index in [1.54, 1.807) is 0 Å². The SMILES string of the molecule is CCCOCCO[P+](=O)OCCOCCC. The van der Waals surface area contributed by atoms with Crippen molar-refractivity contribution < 1.29 is 23.1 Å². The quantitative estimate of drug-likeness (QED) is 0.395. The number of rotatable bonds is 12. The van der Waals surface area contributed by atoms with E-state index >= 15 is 0 Å². The van der Waals surface area contributed by atoms with E-state index in [4.69, 9.17) is 18.5 Å². The highest BCUT2D eigenvalue weighted by Crippen LogP contribution is 2.22. The molecule has 0 aliphatic carbocycles. The number of hydrogen-bond donors (Lipinski definition) is 0. The zero-order valence-electron chi connectivity index (χ0n) is 10.1. The van der Waals surface area contributed by atoms with E-state index in [9.17, 15) is 4.57 Å². The Morgan fingerprint density at radius 3 is 1.56 bits per heavy atom. The van der Waals surface area contributed by atoms with E-state index in [2.05, 4.69) is 0 Å². The normalized spacial score (nSPS) is 10.6. The summed E-state index contributed by atoms with van der Waals surface area (Å²) in [7, 11) is -2.03. The molecule has 0 bridgehead atoms. The van der Waals surface area contributed by atoms with Crippen molar-refractivity contribution in [3.8, 4) is 0 Å². The lowest BCUT2D eigenvalue weighted by Gasteiger charge is -1.98. The van der Waals surface area contributed by atoms with Gasteiger partial charge in [0.15, 0.2) is 0 Å². The van der Waals surface area contributed by atoms with Crippen LogP contribution in [0.4, 0.5) is 0 Å². The maximum atomic E-state index is 11.1. The van der Waals surface area contributed by atoms with Crippen LogP contribution < -0.4 is 0 Å². The summed E-state index contributed by atoms with van der Waals surface area (Å²) < 4.78 is 31.2. The molecule has 0 fully saturated rings. The first kappa shape index (κ1) is 15.9. The van der Waals surface area contributed by atoms with E-state index in [-0.39, 0.29) is 0 Å². The molecule has 6 heteroatoms. The maximum Gasteiger partial charge on any atom is 0.697 e. The van der Waals surface area contributed by atoms with Crippen LogP contribution in [0.15, 0.2) is 0 Å². The predicted octanol–water partition coefficient (Wildman–Crippen LogP) is 2.53. The van der Waals surface area contributed by atoms with E-state index in [0.29, 0.717) is 39.6 Å². The monoisotopic (exact) mass is 253 g/mol. The second-order valence-electron chi connectivity index (χ2n) is 3.11. The third-order valence-electron chi connectivity index (χ3n) is 1.55. The predicted molar refractivity (Wildman–Crippen MR) is 61.7 cm³/mol. The van der Waals surface area contributed by atoms with Gasteiger partial charge in [-0.05, 0) is 12.8 Å². The standard InChI is InChI=1S/C10H22O5P/c1-3-5-12-7-9-14-16(11)15-10-8-13-6-4-2/h3-10H2,1-2H3/q+1. The van der Waals surface area contributed by atoms with E-state index < -0.39 is 8.25 Å². The van der Waals surface area contributed by atoms with E-state index in [1.165, 1.54) is 0 Å². The highest BCUT2D eigenvalue weighted by atomic mass is 31.1. The fourth-order valence-electron chi connectivity index (χ4n) is 0.872. The summed E-state index contributed by atoms with van der Waals surface area (Å²) in [5, 5.41) is 0. The molecular weight excluding hydrogens is 231 g/mol. The van der Waals surface area contributed by atoms with Gasteiger partial charge in [-0.1, -0.05) is 13.8 Å². The minimum absolute atomic E-state index is 0.297. The first-order chi connectivity index (χ1) is 7.81. The molecular formula is C10H22O5P+. The Kier molecular flexibility index (Phi) is 13.0. The Morgan fingerprint density at radius 1 is 0.750 bits per heavy atom. The topological polar surface area (TPSA) is 54.0 Å². The third-order valence-corrected chi connectivity index (χ3v) is 2.33. The molecule has 0 unspecified atom stereocenters. The highest BCUT2D eigenvalue weighted by Gasteiger charge is 2.19. The summed E-state index contributed by atoms with van der Waals surface area (Å²) in [6, 6.07) is 0. The first-order valence-corrected chi connectivity index (χ1v) is 6.79. The molecule has 0 heterocycles. The van der Waals surface area contributed by atoms with Crippen LogP contribution in [0.1, 0.15) is 26.7 Å². The summed E-state index contributed by atoms with van der Waals surface area (Å²) in [4.78, 5) is 0. The van der Waals surface area contributed by atoms with Gasteiger partial charge in [0.05, 0.1) is 13.2 Å². The molecule has 0 atom stereocenters. The highest BCUT2D eigenvalue weighted by molar-refractivity contribution is 7.33. The van der Waals surface area contributed by atoms with Crippen LogP contribution in [0.3, 0.4) is 0 Å². The molecule has 0 aliphatic rings. The van der Waals surface area contributed by atoms with Crippen LogP contribution in [0, 0.1) is 0 Å². The molecule has 0 aromatic heterocycles. The molecule has 0 aromatic rings. The van der Waals surface area contributed by atoms with Crippen LogP contribution >= 0.6 is 8.25 Å². The molecule has 0 N–H and O–H groups in total. The van der Waals surface area contributed by atoms with Crippen LogP contribution in [0.25, 0.3) is 0 Å². The fraction of sp³-hybridized carbons (Fsp3) is 1.00. The third kappa shape index (κ3) is 12.0. The second-order valence-corrected chi connectivity index (χ2v) is 4.08. The molecule has 0 saturated heterocycles. The Bertz CT molecular complexity index is 149. The second kappa shape index (κ2) is 13.0. The smallest absolute Gasteiger partial charge is 0.379 e. The maximum absolute atomic E-state index is 11.1. The molecule has 0 saturated carbocycles. The van der Waals surface area contributed by atoms with Crippen molar-refractivity contribution in [3.63, 3.8) is 0 Å². The van der Waals surface area contributed by atoms with Gasteiger partial charge in [-0.2, -0.15) is 0 Å². The summed E-state index contributed by atoms with van der Waals surface area (Å²) >= 11 is 0. The first-order valence-electron chi connectivity index (χ1n) is 5.69. The Morgan fingerprint density at radius 2 is 1.19 bits per heavy atom. The molecule has 0 rings (SSSR count). The summed E-state index contributed by atoms with van der Waals surface area (Å²) in [6.45, 7) is 6.95. The Hall–Kier alpha value is -0.0600. The lowest BCUT2D eigenvalue weighted by atomic mass is 10.5. The summed E-state index contributed by atoms with van der Waals surface area (Å²) in [5.41, 5.74) is 0. The van der Waals surface area contributed by atoms with Gasteiger partial charge in [-0.25, -0.2) is 0 Å². The van der Waals surface area contributed by atoms with E-state index in [1.807, 2.05) is 13.8 Å². The van der Waals surface area contributed by atoms with Crippen molar-refractivity contribution in [2.45, 2.75) is 26.7 Å². The lowest BCUT2D eigenvalue weighted by molar-refractivity contribution is 0.0802. The van der Waals surface area contributed by atoms with Gasteiger partial charge in [0.25, 0.3) is 0 Å². The van der Waals surface area contributed by atoms with Crippen LogP contribution in [-0.2, 0) is 23.1 Å². The van der Waals surface area contributed by atoms with Crippen LogP contribution in [0.5, 0.6) is 0 Å². The van der Waals surface area contributed by atoms with Crippen molar-refractivity contribution in [2.24, 2.45) is 0 Å². The molecule has 0 radical (unpaired) electrons. The molecule has 0 aromatic carbocycles. The van der Waals surface area contributed by atoms with Gasteiger partial charge in [-0.15, -0.1) is 9.05 Å². The zero-order valence-corrected chi connectivity index (χ0v) is 11.0. The van der Waals surface area contributed by atoms with Gasteiger partial charge in [0.2, 0.25) is 0 Å². The van der Waals surface area contributed by atoms with Gasteiger partial charge in [-0.3, -0.25) is 0 Å².